The first-order valence-corrected chi connectivity index (χ1v) is 7.99. The Labute approximate surface area is 137 Å². The molecule has 2 N–H and O–H groups in total. The van der Waals surface area contributed by atoms with Crippen LogP contribution in [0.4, 0.5) is 4.79 Å². The number of carbonyl (C=O) groups excluding carboxylic acids is 1. The Balaban J connectivity index is 0.000000229. The molecule has 0 heterocycles. The maximum absolute atomic E-state index is 11.3. The summed E-state index contributed by atoms with van der Waals surface area (Å²) in [6, 6.07) is 18.1. The summed E-state index contributed by atoms with van der Waals surface area (Å²) >= 11 is 0. The molecule has 1 aliphatic rings. The Hall–Kier alpha value is -2.33. The van der Waals surface area contributed by atoms with Gasteiger partial charge in [0, 0.05) is 6.04 Å². The number of hydrogen-bond acceptors (Lipinski definition) is 4. The highest BCUT2D eigenvalue weighted by molar-refractivity contribution is 5.66. The lowest BCUT2D eigenvalue weighted by molar-refractivity contribution is 0.152. The predicted octanol–water partition coefficient (Wildman–Crippen LogP) is 4.54. The van der Waals surface area contributed by atoms with E-state index in [1.165, 1.54) is 32.1 Å². The van der Waals surface area contributed by atoms with Crippen molar-refractivity contribution in [3.63, 3.8) is 0 Å². The number of nitrogens with two attached hydrogens (primary N) is 1. The largest absolute Gasteiger partial charge is 0.519 e. The maximum Gasteiger partial charge on any atom is 0.519 e. The van der Waals surface area contributed by atoms with Gasteiger partial charge in [-0.05, 0) is 37.1 Å². The molecule has 2 aromatic rings. The fraction of sp³-hybridized carbons (Fsp3) is 0.316. The van der Waals surface area contributed by atoms with Crippen molar-refractivity contribution in [2.24, 2.45) is 5.73 Å². The zero-order chi connectivity index (χ0) is 16.3. The lowest BCUT2D eigenvalue weighted by Gasteiger charge is -2.15. The summed E-state index contributed by atoms with van der Waals surface area (Å²) in [5, 5.41) is 0. The molecule has 23 heavy (non-hydrogen) atoms. The van der Waals surface area contributed by atoms with Crippen molar-refractivity contribution in [2.45, 2.75) is 38.1 Å². The Morgan fingerprint density at radius 3 is 1.57 bits per heavy atom. The van der Waals surface area contributed by atoms with E-state index in [1.54, 1.807) is 48.5 Å². The molecule has 4 heteroatoms. The highest BCUT2D eigenvalue weighted by Crippen LogP contribution is 2.15. The van der Waals surface area contributed by atoms with Crippen LogP contribution in [0.25, 0.3) is 0 Å². The van der Waals surface area contributed by atoms with Crippen molar-refractivity contribution in [3.05, 3.63) is 60.7 Å². The second-order valence-electron chi connectivity index (χ2n) is 5.48. The molecule has 1 fully saturated rings. The number of hydrogen-bond donors (Lipinski definition) is 1. The number of para-hydroxylation sites is 2. The zero-order valence-electron chi connectivity index (χ0n) is 13.2. The van der Waals surface area contributed by atoms with Gasteiger partial charge < -0.3 is 15.2 Å². The lowest BCUT2D eigenvalue weighted by Crippen LogP contribution is -2.22. The van der Waals surface area contributed by atoms with Gasteiger partial charge in [-0.2, -0.15) is 0 Å². The van der Waals surface area contributed by atoms with Gasteiger partial charge in [0.25, 0.3) is 0 Å². The maximum atomic E-state index is 11.3. The molecule has 0 unspecified atom stereocenters. The van der Waals surface area contributed by atoms with E-state index in [1.807, 2.05) is 12.1 Å². The van der Waals surface area contributed by atoms with E-state index in [9.17, 15) is 4.79 Å². The van der Waals surface area contributed by atoms with Crippen LogP contribution in [0.1, 0.15) is 32.1 Å². The fourth-order valence-electron chi connectivity index (χ4n) is 2.32. The summed E-state index contributed by atoms with van der Waals surface area (Å²) in [7, 11) is 0. The summed E-state index contributed by atoms with van der Waals surface area (Å²) < 4.78 is 9.91. The van der Waals surface area contributed by atoms with Gasteiger partial charge in [0.15, 0.2) is 0 Å². The van der Waals surface area contributed by atoms with Crippen molar-refractivity contribution < 1.29 is 14.3 Å². The molecule has 0 bridgehead atoms. The normalized spacial score (nSPS) is 14.3. The average molecular weight is 313 g/mol. The molecule has 0 spiro atoms. The first-order valence-electron chi connectivity index (χ1n) is 7.99. The van der Waals surface area contributed by atoms with Crippen molar-refractivity contribution in [1.82, 2.24) is 0 Å². The highest BCUT2D eigenvalue weighted by Gasteiger charge is 2.07. The minimum absolute atomic E-state index is 0.462. The molecular weight excluding hydrogens is 290 g/mol. The van der Waals surface area contributed by atoms with Gasteiger partial charge in [-0.3, -0.25) is 0 Å². The number of carbonyl (C=O) groups is 1. The Morgan fingerprint density at radius 1 is 0.783 bits per heavy atom. The third-order valence-corrected chi connectivity index (χ3v) is 3.54. The second kappa shape index (κ2) is 9.64. The molecule has 0 aliphatic heterocycles. The van der Waals surface area contributed by atoms with Crippen molar-refractivity contribution in [2.75, 3.05) is 0 Å². The highest BCUT2D eigenvalue weighted by atomic mass is 16.7. The summed E-state index contributed by atoms with van der Waals surface area (Å²) in [6.45, 7) is 0. The smallest absolute Gasteiger partial charge is 0.395 e. The van der Waals surface area contributed by atoms with E-state index in [4.69, 9.17) is 15.2 Å². The monoisotopic (exact) mass is 313 g/mol. The van der Waals surface area contributed by atoms with Crippen LogP contribution in [0.2, 0.25) is 0 Å². The molecule has 2 aromatic carbocycles. The molecule has 4 nitrogen and oxygen atoms in total. The minimum Gasteiger partial charge on any atom is -0.395 e. The van der Waals surface area contributed by atoms with Crippen LogP contribution in [-0.4, -0.2) is 12.2 Å². The molecule has 1 aliphatic carbocycles. The molecule has 0 saturated heterocycles. The van der Waals surface area contributed by atoms with E-state index in [2.05, 4.69) is 0 Å². The summed E-state index contributed by atoms with van der Waals surface area (Å²) in [4.78, 5) is 11.3. The van der Waals surface area contributed by atoms with Gasteiger partial charge in [0.1, 0.15) is 11.5 Å². The molecule has 1 saturated carbocycles. The molecular formula is C19H23NO3. The van der Waals surface area contributed by atoms with Crippen LogP contribution in [0, 0.1) is 0 Å². The van der Waals surface area contributed by atoms with Gasteiger partial charge in [-0.25, -0.2) is 4.79 Å². The topological polar surface area (TPSA) is 61.6 Å². The first kappa shape index (κ1) is 17.0. The SMILES string of the molecule is NC1CCCCC1.O=C(Oc1ccccc1)Oc1ccccc1. The van der Waals surface area contributed by atoms with Crippen molar-refractivity contribution in [3.8, 4) is 11.5 Å². The van der Waals surface area contributed by atoms with Crippen LogP contribution < -0.4 is 15.2 Å². The van der Waals surface area contributed by atoms with Gasteiger partial charge in [-0.1, -0.05) is 55.7 Å². The molecule has 122 valence electrons. The average Bonchev–Trinajstić information content (AvgIpc) is 2.58. The molecule has 0 amide bonds. The molecule has 0 atom stereocenters. The van der Waals surface area contributed by atoms with E-state index < -0.39 is 6.16 Å². The molecule has 0 radical (unpaired) electrons. The molecule has 3 rings (SSSR count). The van der Waals surface area contributed by atoms with E-state index in [-0.39, 0.29) is 0 Å². The van der Waals surface area contributed by atoms with Crippen LogP contribution in [0.5, 0.6) is 11.5 Å². The third kappa shape index (κ3) is 6.98. The van der Waals surface area contributed by atoms with Crippen LogP contribution >= 0.6 is 0 Å². The standard InChI is InChI=1S/C13H10O3.C6H13N/c14-13(15-11-7-3-1-4-8-11)16-12-9-5-2-6-10-12;7-6-4-2-1-3-5-6/h1-10H;6H,1-5,7H2. The predicted molar refractivity (Wildman–Crippen MR) is 90.6 cm³/mol. The van der Waals surface area contributed by atoms with Crippen molar-refractivity contribution >= 4 is 6.16 Å². The van der Waals surface area contributed by atoms with Crippen LogP contribution in [0.15, 0.2) is 60.7 Å². The van der Waals surface area contributed by atoms with E-state index in [0.717, 1.165) is 0 Å². The van der Waals surface area contributed by atoms with Crippen LogP contribution in [-0.2, 0) is 0 Å². The second-order valence-corrected chi connectivity index (χ2v) is 5.48. The van der Waals surface area contributed by atoms with E-state index in [0.29, 0.717) is 17.5 Å². The quantitative estimate of drug-likeness (QED) is 0.653. The van der Waals surface area contributed by atoms with Crippen molar-refractivity contribution in [1.29, 1.82) is 0 Å². The Bertz CT molecular complexity index is 522. The Morgan fingerprint density at radius 2 is 1.22 bits per heavy atom. The van der Waals surface area contributed by atoms with Crippen LogP contribution in [0.3, 0.4) is 0 Å². The minimum atomic E-state index is -0.739. The fourth-order valence-corrected chi connectivity index (χ4v) is 2.32. The van der Waals surface area contributed by atoms with Gasteiger partial charge >= 0.3 is 6.16 Å². The van der Waals surface area contributed by atoms with Gasteiger partial charge in [-0.15, -0.1) is 0 Å². The van der Waals surface area contributed by atoms with Gasteiger partial charge in [0.2, 0.25) is 0 Å². The van der Waals surface area contributed by atoms with E-state index >= 15 is 0 Å². The zero-order valence-corrected chi connectivity index (χ0v) is 13.2. The van der Waals surface area contributed by atoms with Gasteiger partial charge in [0.05, 0.1) is 0 Å². The third-order valence-electron chi connectivity index (χ3n) is 3.54. The lowest BCUT2D eigenvalue weighted by atomic mass is 9.97. The summed E-state index contributed by atoms with van der Waals surface area (Å²) in [6.07, 6.45) is 5.92. The Kier molecular flexibility index (Phi) is 7.14. The number of rotatable bonds is 2. The molecule has 0 aromatic heterocycles. The summed E-state index contributed by atoms with van der Waals surface area (Å²) in [5.74, 6) is 0.923. The number of benzene rings is 2. The summed E-state index contributed by atoms with van der Waals surface area (Å²) in [5.41, 5.74) is 5.63. The number of ether oxygens (including phenoxy) is 2. The first-order chi connectivity index (χ1) is 11.2.